The zero-order chi connectivity index (χ0) is 12.3. The van der Waals surface area contributed by atoms with Crippen LogP contribution in [0.25, 0.3) is 0 Å². The number of hydrogen-bond donors (Lipinski definition) is 2. The summed E-state index contributed by atoms with van der Waals surface area (Å²) >= 11 is 0. The maximum Gasteiger partial charge on any atom is 0.215 e. The molecule has 1 fully saturated rings. The number of aliphatic hydroxyl groups is 1. The molecule has 1 heterocycles. The monoisotopic (exact) mass is 232 g/mol. The molecule has 1 amide bonds. The first-order valence-electron chi connectivity index (χ1n) is 5.91. The molecule has 1 aliphatic heterocycles. The summed E-state index contributed by atoms with van der Waals surface area (Å²) in [5.74, 6) is -0.0169. The summed E-state index contributed by atoms with van der Waals surface area (Å²) in [6.07, 6.45) is 0.641. The first-order valence-corrected chi connectivity index (χ1v) is 5.91. The van der Waals surface area contributed by atoms with E-state index in [4.69, 9.17) is 0 Å². The second kappa shape index (κ2) is 5.23. The van der Waals surface area contributed by atoms with Crippen LogP contribution < -0.4 is 10.2 Å². The van der Waals surface area contributed by atoms with Crippen molar-refractivity contribution >= 4 is 19.3 Å². The van der Waals surface area contributed by atoms with Crippen LogP contribution in [-0.2, 0) is 6.54 Å². The second-order valence-corrected chi connectivity index (χ2v) is 4.46. The van der Waals surface area contributed by atoms with Gasteiger partial charge >= 0.3 is 0 Å². The van der Waals surface area contributed by atoms with Crippen molar-refractivity contribution in [2.45, 2.75) is 19.1 Å². The van der Waals surface area contributed by atoms with Gasteiger partial charge < -0.3 is 15.3 Å². The molecule has 0 aliphatic carbocycles. The first-order chi connectivity index (χ1) is 8.15. The lowest BCUT2D eigenvalue weighted by molar-refractivity contribution is 0.198. The minimum Gasteiger partial charge on any atom is -0.391 e. The van der Waals surface area contributed by atoms with E-state index >= 15 is 0 Å². The van der Waals surface area contributed by atoms with Gasteiger partial charge in [-0.1, -0.05) is 12.1 Å². The maximum atomic E-state index is 10.8. The molecular weight excluding hydrogens is 215 g/mol. The molecule has 2 rings (SSSR count). The van der Waals surface area contributed by atoms with E-state index in [1.807, 2.05) is 24.3 Å². The van der Waals surface area contributed by atoms with Gasteiger partial charge in [-0.05, 0) is 24.1 Å². The fraction of sp³-hybridized carbons (Fsp3) is 0.417. The van der Waals surface area contributed by atoms with Crippen molar-refractivity contribution in [3.63, 3.8) is 0 Å². The van der Waals surface area contributed by atoms with Crippen LogP contribution in [0.3, 0.4) is 0 Å². The maximum absolute atomic E-state index is 10.8. The molecule has 90 valence electrons. The number of carbonyl (C=O) groups is 1. The number of rotatable bonds is 3. The van der Waals surface area contributed by atoms with Crippen LogP contribution in [0.2, 0.25) is 0 Å². The third-order valence-corrected chi connectivity index (χ3v) is 3.01. The Balaban J connectivity index is 1.95. The number of anilines is 1. The van der Waals surface area contributed by atoms with Gasteiger partial charge in [0.15, 0.2) is 5.81 Å². The molecule has 4 nitrogen and oxygen atoms in total. The molecule has 17 heavy (non-hydrogen) atoms. The van der Waals surface area contributed by atoms with Gasteiger partial charge in [-0.15, -0.1) is 0 Å². The molecule has 0 unspecified atom stereocenters. The van der Waals surface area contributed by atoms with Gasteiger partial charge in [0.1, 0.15) is 0 Å². The molecule has 0 saturated carbocycles. The van der Waals surface area contributed by atoms with Gasteiger partial charge in [0, 0.05) is 25.3 Å². The summed E-state index contributed by atoms with van der Waals surface area (Å²) in [4.78, 5) is 13.0. The van der Waals surface area contributed by atoms with Crippen LogP contribution in [0.5, 0.6) is 0 Å². The van der Waals surface area contributed by atoms with E-state index in [1.165, 1.54) is 7.85 Å². The number of β-amino-alcohol motifs (C(OH)–C–C–N with tert-alkyl or cyclic N) is 1. The van der Waals surface area contributed by atoms with Crippen LogP contribution in [0.4, 0.5) is 10.5 Å². The Bertz CT molecular complexity index is 394. The Labute approximate surface area is 102 Å². The lowest BCUT2D eigenvalue weighted by atomic mass is 10.1. The van der Waals surface area contributed by atoms with E-state index in [9.17, 15) is 9.90 Å². The standard InChI is InChI=1S/C12H17BN2O2/c13-12(17)14-7-9-1-3-10(4-2-9)15-6-5-11(16)8-15/h1-4,11,16H,5-8,13H2,(H,14,17)/t11-/m1/s1. The highest BCUT2D eigenvalue weighted by molar-refractivity contribution is 6.57. The topological polar surface area (TPSA) is 52.6 Å². The number of aliphatic hydroxyl groups excluding tert-OH is 1. The molecule has 1 aliphatic rings. The van der Waals surface area contributed by atoms with E-state index in [-0.39, 0.29) is 11.9 Å². The summed E-state index contributed by atoms with van der Waals surface area (Å²) in [7, 11) is 1.51. The fourth-order valence-electron chi connectivity index (χ4n) is 2.03. The molecule has 0 bridgehead atoms. The van der Waals surface area contributed by atoms with Crippen molar-refractivity contribution in [3.8, 4) is 0 Å². The summed E-state index contributed by atoms with van der Waals surface area (Å²) in [5, 5.41) is 12.2. The quantitative estimate of drug-likeness (QED) is 0.727. The highest BCUT2D eigenvalue weighted by Crippen LogP contribution is 2.20. The Kier molecular flexibility index (Phi) is 3.69. The van der Waals surface area contributed by atoms with Gasteiger partial charge in [-0.3, -0.25) is 4.79 Å². The number of benzene rings is 1. The average molecular weight is 232 g/mol. The summed E-state index contributed by atoms with van der Waals surface area (Å²) in [5.41, 5.74) is 2.22. The molecule has 5 heteroatoms. The predicted octanol–water partition coefficient (Wildman–Crippen LogP) is 0.100. The van der Waals surface area contributed by atoms with Crippen molar-refractivity contribution in [2.24, 2.45) is 0 Å². The summed E-state index contributed by atoms with van der Waals surface area (Å²) in [6, 6.07) is 8.09. The van der Waals surface area contributed by atoms with Gasteiger partial charge in [0.2, 0.25) is 7.85 Å². The van der Waals surface area contributed by atoms with Crippen molar-refractivity contribution in [2.75, 3.05) is 18.0 Å². The summed E-state index contributed by atoms with van der Waals surface area (Å²) < 4.78 is 0. The lowest BCUT2D eigenvalue weighted by Crippen LogP contribution is -2.22. The van der Waals surface area contributed by atoms with Crippen LogP contribution in [-0.4, -0.2) is 38.0 Å². The van der Waals surface area contributed by atoms with E-state index in [0.29, 0.717) is 13.1 Å². The van der Waals surface area contributed by atoms with E-state index < -0.39 is 0 Å². The van der Waals surface area contributed by atoms with Gasteiger partial charge in [-0.25, -0.2) is 0 Å². The van der Waals surface area contributed by atoms with Gasteiger partial charge in [0.05, 0.1) is 6.10 Å². The highest BCUT2D eigenvalue weighted by atomic mass is 16.3. The number of nitrogens with one attached hydrogen (secondary N) is 1. The molecule has 1 atom stereocenters. The Hall–Kier alpha value is -1.49. The average Bonchev–Trinajstić information content (AvgIpc) is 2.74. The molecular formula is C12H17BN2O2. The SMILES string of the molecule is BC(=O)NCc1ccc(N2CC[C@@H](O)C2)cc1. The van der Waals surface area contributed by atoms with Crippen molar-refractivity contribution in [3.05, 3.63) is 29.8 Å². The van der Waals surface area contributed by atoms with E-state index in [0.717, 1.165) is 24.2 Å². The van der Waals surface area contributed by atoms with E-state index in [1.54, 1.807) is 0 Å². The van der Waals surface area contributed by atoms with Crippen LogP contribution >= 0.6 is 0 Å². The third-order valence-electron chi connectivity index (χ3n) is 3.01. The van der Waals surface area contributed by atoms with Crippen molar-refractivity contribution in [1.29, 1.82) is 0 Å². The summed E-state index contributed by atoms with van der Waals surface area (Å²) in [6.45, 7) is 2.19. The Morgan fingerprint density at radius 2 is 2.18 bits per heavy atom. The molecule has 1 saturated heterocycles. The lowest BCUT2D eigenvalue weighted by Gasteiger charge is -2.18. The molecule has 0 radical (unpaired) electrons. The zero-order valence-electron chi connectivity index (χ0n) is 10.0. The van der Waals surface area contributed by atoms with Crippen LogP contribution in [0, 0.1) is 0 Å². The Morgan fingerprint density at radius 1 is 1.47 bits per heavy atom. The van der Waals surface area contributed by atoms with Crippen molar-refractivity contribution in [1.82, 2.24) is 5.32 Å². The number of amides is 1. The minimum absolute atomic E-state index is 0.0169. The normalized spacial score (nSPS) is 19.4. The molecule has 1 aromatic carbocycles. The fourth-order valence-corrected chi connectivity index (χ4v) is 2.03. The zero-order valence-corrected chi connectivity index (χ0v) is 10.0. The first kappa shape index (κ1) is 12.0. The highest BCUT2D eigenvalue weighted by Gasteiger charge is 2.19. The number of hydrogen-bond acceptors (Lipinski definition) is 3. The number of nitrogens with zero attached hydrogens (tertiary/aromatic N) is 1. The second-order valence-electron chi connectivity index (χ2n) is 4.46. The van der Waals surface area contributed by atoms with Crippen molar-refractivity contribution < 1.29 is 9.90 Å². The van der Waals surface area contributed by atoms with Crippen LogP contribution in [0.1, 0.15) is 12.0 Å². The predicted molar refractivity (Wildman–Crippen MR) is 70.1 cm³/mol. The van der Waals surface area contributed by atoms with Gasteiger partial charge in [-0.2, -0.15) is 0 Å². The van der Waals surface area contributed by atoms with E-state index in [2.05, 4.69) is 10.2 Å². The molecule has 0 aromatic heterocycles. The Morgan fingerprint density at radius 3 is 2.71 bits per heavy atom. The molecule has 1 aromatic rings. The molecule has 2 N–H and O–H groups in total. The largest absolute Gasteiger partial charge is 0.391 e. The minimum atomic E-state index is -0.200. The smallest absolute Gasteiger partial charge is 0.215 e. The molecule has 0 spiro atoms. The van der Waals surface area contributed by atoms with Crippen LogP contribution in [0.15, 0.2) is 24.3 Å². The van der Waals surface area contributed by atoms with Gasteiger partial charge in [0.25, 0.3) is 0 Å². The third kappa shape index (κ3) is 3.23. The number of carbonyl (C=O) groups excluding carboxylic acids is 1.